The molecule has 0 unspecified atom stereocenters. The molecule has 10 heteroatoms. The van der Waals surface area contributed by atoms with E-state index in [0.29, 0.717) is 23.7 Å². The Labute approximate surface area is 217 Å². The number of nitrogens with one attached hydrogen (secondary N) is 2. The smallest absolute Gasteiger partial charge is 0.233 e. The number of ether oxygens (including phenoxy) is 2. The highest BCUT2D eigenvalue weighted by molar-refractivity contribution is 8.01. The van der Waals surface area contributed by atoms with Gasteiger partial charge in [-0.25, -0.2) is 4.98 Å². The molecule has 2 aromatic heterocycles. The van der Waals surface area contributed by atoms with Gasteiger partial charge >= 0.3 is 0 Å². The zero-order valence-electron chi connectivity index (χ0n) is 20.0. The van der Waals surface area contributed by atoms with Gasteiger partial charge in [0.1, 0.15) is 11.5 Å². The van der Waals surface area contributed by atoms with Gasteiger partial charge in [-0.05, 0) is 80.2 Å². The molecule has 5 rings (SSSR count). The molecule has 5 aromatic rings. The van der Waals surface area contributed by atoms with E-state index in [0.717, 1.165) is 37.4 Å². The molecule has 36 heavy (non-hydrogen) atoms. The van der Waals surface area contributed by atoms with Crippen LogP contribution >= 0.6 is 23.1 Å². The number of fused-ring (bicyclic) bond motifs is 1. The van der Waals surface area contributed by atoms with Crippen LogP contribution in [0, 0.1) is 6.92 Å². The molecule has 0 bridgehead atoms. The van der Waals surface area contributed by atoms with E-state index in [-0.39, 0.29) is 0 Å². The standard InChI is InChI=1S/C26H24N6O2S2/c1-4-34-20-13-14-21-22(15-20)35-26(29-21)36-25-31-23(27-17-7-5-16(2)6-8-17)30-24(32-25)28-18-9-11-19(33-3)12-10-18/h5-15H,4H2,1-3H3,(H2,27,28,30,31,32). The van der Waals surface area contributed by atoms with E-state index >= 15 is 0 Å². The van der Waals surface area contributed by atoms with Gasteiger partial charge in [0, 0.05) is 11.4 Å². The van der Waals surface area contributed by atoms with Crippen molar-refractivity contribution >= 4 is 56.6 Å². The van der Waals surface area contributed by atoms with Gasteiger partial charge in [0.2, 0.25) is 17.1 Å². The highest BCUT2D eigenvalue weighted by atomic mass is 32.2. The second kappa shape index (κ2) is 10.8. The second-order valence-electron chi connectivity index (χ2n) is 7.75. The third-order valence-corrected chi connectivity index (χ3v) is 7.04. The van der Waals surface area contributed by atoms with Crippen molar-refractivity contribution in [2.45, 2.75) is 23.3 Å². The summed E-state index contributed by atoms with van der Waals surface area (Å²) in [4.78, 5) is 18.6. The normalized spacial score (nSPS) is 10.9. The van der Waals surface area contributed by atoms with E-state index in [1.165, 1.54) is 17.3 Å². The van der Waals surface area contributed by atoms with Gasteiger partial charge in [-0.2, -0.15) is 15.0 Å². The predicted molar refractivity (Wildman–Crippen MR) is 145 cm³/mol. The first-order chi connectivity index (χ1) is 17.6. The van der Waals surface area contributed by atoms with Gasteiger partial charge in [0.05, 0.1) is 23.9 Å². The molecular weight excluding hydrogens is 492 g/mol. The Morgan fingerprint density at radius 2 is 1.44 bits per heavy atom. The topological polar surface area (TPSA) is 94.1 Å². The Morgan fingerprint density at radius 1 is 0.806 bits per heavy atom. The summed E-state index contributed by atoms with van der Waals surface area (Å²) in [5, 5.41) is 7.07. The first-order valence-corrected chi connectivity index (χ1v) is 12.9. The van der Waals surface area contributed by atoms with Crippen molar-refractivity contribution in [3.05, 3.63) is 72.3 Å². The van der Waals surface area contributed by atoms with Crippen LogP contribution in [0.4, 0.5) is 23.3 Å². The van der Waals surface area contributed by atoms with Gasteiger partial charge in [-0.15, -0.1) is 11.3 Å². The molecule has 0 atom stereocenters. The van der Waals surface area contributed by atoms with E-state index in [9.17, 15) is 0 Å². The summed E-state index contributed by atoms with van der Waals surface area (Å²) < 4.78 is 12.8. The van der Waals surface area contributed by atoms with Gasteiger partial charge in [-0.1, -0.05) is 17.7 Å². The second-order valence-corrected chi connectivity index (χ2v) is 10.00. The first-order valence-electron chi connectivity index (χ1n) is 11.3. The van der Waals surface area contributed by atoms with Crippen LogP contribution in [0.1, 0.15) is 12.5 Å². The van der Waals surface area contributed by atoms with E-state index in [4.69, 9.17) is 14.5 Å². The number of nitrogens with zero attached hydrogens (tertiary/aromatic N) is 4. The molecule has 2 N–H and O–H groups in total. The van der Waals surface area contributed by atoms with E-state index in [2.05, 4.69) is 25.6 Å². The number of aryl methyl sites for hydroxylation is 1. The van der Waals surface area contributed by atoms with Crippen molar-refractivity contribution in [1.29, 1.82) is 0 Å². The maximum absolute atomic E-state index is 5.62. The Morgan fingerprint density at radius 3 is 2.08 bits per heavy atom. The molecule has 0 fully saturated rings. The highest BCUT2D eigenvalue weighted by Crippen LogP contribution is 2.35. The van der Waals surface area contributed by atoms with Crippen molar-refractivity contribution < 1.29 is 9.47 Å². The summed E-state index contributed by atoms with van der Waals surface area (Å²) in [6.45, 7) is 4.64. The zero-order valence-corrected chi connectivity index (χ0v) is 21.6. The lowest BCUT2D eigenvalue weighted by Crippen LogP contribution is -2.05. The number of aromatic nitrogens is 4. The van der Waals surface area contributed by atoms with Crippen LogP contribution in [0.2, 0.25) is 0 Å². The molecule has 8 nitrogen and oxygen atoms in total. The van der Waals surface area contributed by atoms with Crippen LogP contribution in [0.15, 0.2) is 76.2 Å². The van der Waals surface area contributed by atoms with Crippen molar-refractivity contribution in [3.8, 4) is 11.5 Å². The minimum absolute atomic E-state index is 0.423. The molecule has 3 aromatic carbocycles. The summed E-state index contributed by atoms with van der Waals surface area (Å²) in [7, 11) is 1.64. The fraction of sp³-hybridized carbons (Fsp3) is 0.154. The Kier molecular flexibility index (Phi) is 7.15. The van der Waals surface area contributed by atoms with Gasteiger partial charge in [0.15, 0.2) is 4.34 Å². The van der Waals surface area contributed by atoms with Gasteiger partial charge in [-0.3, -0.25) is 0 Å². The fourth-order valence-corrected chi connectivity index (χ4v) is 5.29. The molecule has 0 aliphatic rings. The number of hydrogen-bond donors (Lipinski definition) is 2. The van der Waals surface area contributed by atoms with E-state index < -0.39 is 0 Å². The zero-order chi connectivity index (χ0) is 24.9. The minimum atomic E-state index is 0.423. The summed E-state index contributed by atoms with van der Waals surface area (Å²) >= 11 is 2.97. The van der Waals surface area contributed by atoms with Crippen molar-refractivity contribution in [3.63, 3.8) is 0 Å². The number of methoxy groups -OCH3 is 1. The number of benzene rings is 3. The van der Waals surface area contributed by atoms with Crippen molar-refractivity contribution in [2.75, 3.05) is 24.4 Å². The minimum Gasteiger partial charge on any atom is -0.497 e. The average Bonchev–Trinajstić information content (AvgIpc) is 3.27. The summed E-state index contributed by atoms with van der Waals surface area (Å²) in [5.74, 6) is 2.47. The molecule has 0 saturated heterocycles. The third kappa shape index (κ3) is 5.84. The maximum Gasteiger partial charge on any atom is 0.233 e. The van der Waals surface area contributed by atoms with Crippen molar-refractivity contribution in [1.82, 2.24) is 19.9 Å². The highest BCUT2D eigenvalue weighted by Gasteiger charge is 2.13. The van der Waals surface area contributed by atoms with Crippen LogP contribution in [0.5, 0.6) is 11.5 Å². The maximum atomic E-state index is 5.62. The Bertz CT molecular complexity index is 1470. The lowest BCUT2D eigenvalue weighted by Gasteiger charge is -2.10. The average molecular weight is 517 g/mol. The number of anilines is 4. The molecule has 0 radical (unpaired) electrons. The van der Waals surface area contributed by atoms with Crippen LogP contribution in [0.25, 0.3) is 10.2 Å². The molecule has 2 heterocycles. The number of thiazole rings is 1. The third-order valence-electron chi connectivity index (χ3n) is 5.10. The predicted octanol–water partition coefficient (Wildman–Crippen LogP) is 6.84. The fourth-order valence-electron chi connectivity index (χ4n) is 3.35. The SMILES string of the molecule is CCOc1ccc2nc(Sc3nc(Nc4ccc(C)cc4)nc(Nc4ccc(OC)cc4)n3)sc2c1. The van der Waals surface area contributed by atoms with Crippen molar-refractivity contribution in [2.24, 2.45) is 0 Å². The van der Waals surface area contributed by atoms with Gasteiger partial charge in [0.25, 0.3) is 0 Å². The van der Waals surface area contributed by atoms with Crippen LogP contribution in [0.3, 0.4) is 0 Å². The quantitative estimate of drug-likeness (QED) is 0.218. The van der Waals surface area contributed by atoms with Crippen LogP contribution in [-0.4, -0.2) is 33.7 Å². The molecule has 182 valence electrons. The van der Waals surface area contributed by atoms with E-state index in [1.807, 2.05) is 80.6 Å². The molecule has 0 aliphatic carbocycles. The van der Waals surface area contributed by atoms with Crippen LogP contribution in [-0.2, 0) is 0 Å². The number of hydrogen-bond acceptors (Lipinski definition) is 10. The Hall–Kier alpha value is -3.89. The summed E-state index contributed by atoms with van der Waals surface area (Å²) in [6, 6.07) is 21.5. The van der Waals surface area contributed by atoms with Crippen LogP contribution < -0.4 is 20.1 Å². The first kappa shape index (κ1) is 23.8. The molecule has 0 aliphatic heterocycles. The van der Waals surface area contributed by atoms with E-state index in [1.54, 1.807) is 18.4 Å². The van der Waals surface area contributed by atoms with Gasteiger partial charge < -0.3 is 20.1 Å². The Balaban J connectivity index is 1.44. The largest absolute Gasteiger partial charge is 0.497 e. The monoisotopic (exact) mass is 516 g/mol. The lowest BCUT2D eigenvalue weighted by atomic mass is 10.2. The molecular formula is C26H24N6O2S2. The molecule has 0 amide bonds. The molecule has 0 saturated carbocycles. The lowest BCUT2D eigenvalue weighted by molar-refractivity contribution is 0.341. The summed E-state index contributed by atoms with van der Waals surface area (Å²) in [5.41, 5.74) is 3.82. The summed E-state index contributed by atoms with van der Waals surface area (Å²) in [6.07, 6.45) is 0. The number of rotatable bonds is 9. The molecule has 0 spiro atoms.